The van der Waals surface area contributed by atoms with Crippen LogP contribution >= 0.6 is 11.3 Å². The van der Waals surface area contributed by atoms with Gasteiger partial charge in [0.05, 0.1) is 6.42 Å². The number of amides is 1. The van der Waals surface area contributed by atoms with Gasteiger partial charge >= 0.3 is 0 Å². The van der Waals surface area contributed by atoms with Gasteiger partial charge in [0.2, 0.25) is 5.91 Å². The van der Waals surface area contributed by atoms with E-state index in [1.807, 2.05) is 4.90 Å². The van der Waals surface area contributed by atoms with Crippen molar-refractivity contribution in [3.63, 3.8) is 0 Å². The van der Waals surface area contributed by atoms with Crippen molar-refractivity contribution in [2.24, 2.45) is 5.92 Å². The first-order chi connectivity index (χ1) is 14.9. The van der Waals surface area contributed by atoms with E-state index in [1.54, 1.807) is 16.4 Å². The number of hydrogen-bond acceptors (Lipinski definition) is 4. The van der Waals surface area contributed by atoms with Crippen molar-refractivity contribution in [3.8, 4) is 0 Å². The van der Waals surface area contributed by atoms with Crippen LogP contribution in [0.25, 0.3) is 0 Å². The highest BCUT2D eigenvalue weighted by atomic mass is 32.2. The maximum Gasteiger partial charge on any atom is 0.252 e. The highest BCUT2D eigenvalue weighted by Crippen LogP contribution is 2.28. The van der Waals surface area contributed by atoms with Gasteiger partial charge in [0.15, 0.2) is 0 Å². The first kappa shape index (κ1) is 22.5. The van der Waals surface area contributed by atoms with Gasteiger partial charge in [-0.3, -0.25) is 4.79 Å². The molecule has 0 saturated carbocycles. The second-order valence-electron chi connectivity index (χ2n) is 8.86. The van der Waals surface area contributed by atoms with Crippen molar-refractivity contribution in [1.82, 2.24) is 9.21 Å². The van der Waals surface area contributed by atoms with Crippen LogP contribution in [0.4, 0.5) is 0 Å². The summed E-state index contributed by atoms with van der Waals surface area (Å²) in [5, 5.41) is 0. The van der Waals surface area contributed by atoms with Gasteiger partial charge in [-0.15, -0.1) is 11.3 Å². The summed E-state index contributed by atoms with van der Waals surface area (Å²) in [6.45, 7) is 4.93. The third-order valence-electron chi connectivity index (χ3n) is 6.55. The van der Waals surface area contributed by atoms with E-state index < -0.39 is 10.0 Å². The monoisotopic (exact) mass is 460 g/mol. The number of aryl methyl sites for hydroxylation is 2. The standard InChI is InChI=1S/C24H32N2O3S2/c1-19-4-6-20(7-5-19)8-9-21-12-16-25(17-13-21)23(27)18-22-10-11-24(30-22)31(28,29)26-14-2-3-15-26/h4-7,10-11,21H,2-3,8-9,12-18H2,1H3. The SMILES string of the molecule is Cc1ccc(CCC2CCN(C(=O)Cc3ccc(S(=O)(=O)N4CCCC4)s3)CC2)cc1. The molecule has 31 heavy (non-hydrogen) atoms. The summed E-state index contributed by atoms with van der Waals surface area (Å²) in [4.78, 5) is 15.6. The van der Waals surface area contributed by atoms with E-state index in [-0.39, 0.29) is 5.91 Å². The van der Waals surface area contributed by atoms with E-state index in [2.05, 4.69) is 31.2 Å². The number of nitrogens with zero attached hydrogens (tertiary/aromatic N) is 2. The Labute approximate surface area is 190 Å². The van der Waals surface area contributed by atoms with Crippen LogP contribution in [0.15, 0.2) is 40.6 Å². The second kappa shape index (κ2) is 9.84. The van der Waals surface area contributed by atoms with Gasteiger partial charge in [0.25, 0.3) is 10.0 Å². The molecule has 2 fully saturated rings. The Kier molecular flexibility index (Phi) is 7.14. The number of hydrogen-bond donors (Lipinski definition) is 0. The summed E-state index contributed by atoms with van der Waals surface area (Å²) in [7, 11) is -3.39. The molecule has 0 atom stereocenters. The molecular formula is C24H32N2O3S2. The average Bonchev–Trinajstić information content (AvgIpc) is 3.47. The minimum absolute atomic E-state index is 0.115. The molecule has 168 valence electrons. The Balaban J connectivity index is 1.25. The van der Waals surface area contributed by atoms with Crippen LogP contribution in [-0.2, 0) is 27.7 Å². The summed E-state index contributed by atoms with van der Waals surface area (Å²) in [6, 6.07) is 12.2. The Morgan fingerprint density at radius 3 is 2.35 bits per heavy atom. The molecule has 0 aliphatic carbocycles. The summed E-state index contributed by atoms with van der Waals surface area (Å²) in [5.41, 5.74) is 2.68. The van der Waals surface area contributed by atoms with Gasteiger partial charge in [-0.2, -0.15) is 4.31 Å². The van der Waals surface area contributed by atoms with Gasteiger partial charge in [-0.1, -0.05) is 29.8 Å². The van der Waals surface area contributed by atoms with E-state index >= 15 is 0 Å². The molecule has 2 aliphatic rings. The molecule has 0 radical (unpaired) electrons. The molecule has 0 bridgehead atoms. The second-order valence-corrected chi connectivity index (χ2v) is 12.2. The van der Waals surface area contributed by atoms with E-state index in [9.17, 15) is 13.2 Å². The average molecular weight is 461 g/mol. The maximum absolute atomic E-state index is 12.8. The highest BCUT2D eigenvalue weighted by Gasteiger charge is 2.29. The normalized spacial score (nSPS) is 18.5. The lowest BCUT2D eigenvalue weighted by atomic mass is 9.90. The zero-order chi connectivity index (χ0) is 21.8. The zero-order valence-electron chi connectivity index (χ0n) is 18.3. The first-order valence-electron chi connectivity index (χ1n) is 11.3. The van der Waals surface area contributed by atoms with Crippen LogP contribution < -0.4 is 0 Å². The summed E-state index contributed by atoms with van der Waals surface area (Å²) < 4.78 is 27.3. The lowest BCUT2D eigenvalue weighted by molar-refractivity contribution is -0.131. The van der Waals surface area contributed by atoms with Crippen LogP contribution in [0.2, 0.25) is 0 Å². The fourth-order valence-corrected chi connectivity index (χ4v) is 7.52. The molecule has 2 aliphatic heterocycles. The van der Waals surface area contributed by atoms with E-state index in [4.69, 9.17) is 0 Å². The molecular weight excluding hydrogens is 428 g/mol. The van der Waals surface area contributed by atoms with E-state index in [1.165, 1.54) is 28.9 Å². The predicted molar refractivity (Wildman–Crippen MR) is 125 cm³/mol. The first-order valence-corrected chi connectivity index (χ1v) is 13.6. The van der Waals surface area contributed by atoms with Gasteiger partial charge in [-0.05, 0) is 69.1 Å². The number of piperidine rings is 1. The Morgan fingerprint density at radius 1 is 1.00 bits per heavy atom. The van der Waals surface area contributed by atoms with Gasteiger partial charge in [0, 0.05) is 31.1 Å². The van der Waals surface area contributed by atoms with Gasteiger partial charge in [-0.25, -0.2) is 8.42 Å². The van der Waals surface area contributed by atoms with Crippen molar-refractivity contribution >= 4 is 27.3 Å². The van der Waals surface area contributed by atoms with E-state index in [0.29, 0.717) is 29.6 Å². The summed E-state index contributed by atoms with van der Waals surface area (Å²) in [6.07, 6.45) is 6.53. The molecule has 1 aromatic heterocycles. The number of sulfonamides is 1. The van der Waals surface area contributed by atoms with E-state index in [0.717, 1.165) is 50.1 Å². The number of thiophene rings is 1. The van der Waals surface area contributed by atoms with Crippen LogP contribution in [0.3, 0.4) is 0 Å². The molecule has 5 nitrogen and oxygen atoms in total. The maximum atomic E-state index is 12.8. The largest absolute Gasteiger partial charge is 0.342 e. The Morgan fingerprint density at radius 2 is 1.68 bits per heavy atom. The fraction of sp³-hybridized carbons (Fsp3) is 0.542. The predicted octanol–water partition coefficient (Wildman–Crippen LogP) is 4.25. The molecule has 1 amide bonds. The minimum Gasteiger partial charge on any atom is -0.342 e. The molecule has 2 aromatic rings. The summed E-state index contributed by atoms with van der Waals surface area (Å²) >= 11 is 1.25. The molecule has 0 unspecified atom stereocenters. The topological polar surface area (TPSA) is 57.7 Å². The third kappa shape index (κ3) is 5.57. The molecule has 7 heteroatoms. The molecule has 3 heterocycles. The third-order valence-corrected chi connectivity index (χ3v) is 10.0. The van der Waals surface area contributed by atoms with Crippen molar-refractivity contribution < 1.29 is 13.2 Å². The van der Waals surface area contributed by atoms with Crippen LogP contribution in [0.1, 0.15) is 48.1 Å². The minimum atomic E-state index is -3.39. The number of rotatable bonds is 7. The molecule has 2 saturated heterocycles. The van der Waals surface area contributed by atoms with Gasteiger partial charge in [0.1, 0.15) is 4.21 Å². The summed E-state index contributed by atoms with van der Waals surface area (Å²) in [5.74, 6) is 0.785. The molecule has 1 aromatic carbocycles. The highest BCUT2D eigenvalue weighted by molar-refractivity contribution is 7.91. The lowest BCUT2D eigenvalue weighted by Gasteiger charge is -2.32. The molecule has 0 N–H and O–H groups in total. The molecule has 4 rings (SSSR count). The number of carbonyl (C=O) groups excluding carboxylic acids is 1. The Hall–Kier alpha value is -1.70. The number of benzene rings is 1. The van der Waals surface area contributed by atoms with Crippen molar-refractivity contribution in [1.29, 1.82) is 0 Å². The number of carbonyl (C=O) groups is 1. The number of likely N-dealkylation sites (tertiary alicyclic amines) is 1. The van der Waals surface area contributed by atoms with Crippen molar-refractivity contribution in [3.05, 3.63) is 52.4 Å². The van der Waals surface area contributed by atoms with Crippen molar-refractivity contribution in [2.75, 3.05) is 26.2 Å². The fourth-order valence-electron chi connectivity index (χ4n) is 4.51. The zero-order valence-corrected chi connectivity index (χ0v) is 19.9. The quantitative estimate of drug-likeness (QED) is 0.621. The molecule has 0 spiro atoms. The van der Waals surface area contributed by atoms with Crippen LogP contribution in [0.5, 0.6) is 0 Å². The van der Waals surface area contributed by atoms with Crippen LogP contribution in [-0.4, -0.2) is 49.7 Å². The smallest absolute Gasteiger partial charge is 0.252 e. The van der Waals surface area contributed by atoms with Crippen LogP contribution in [0, 0.1) is 12.8 Å². The Bertz CT molecular complexity index is 984. The lowest BCUT2D eigenvalue weighted by Crippen LogP contribution is -2.39. The van der Waals surface area contributed by atoms with Gasteiger partial charge < -0.3 is 4.90 Å². The van der Waals surface area contributed by atoms with Crippen molar-refractivity contribution in [2.45, 2.75) is 56.1 Å².